The van der Waals surface area contributed by atoms with Crippen LogP contribution in [0.5, 0.6) is 0 Å². The van der Waals surface area contributed by atoms with Gasteiger partial charge in [-0.25, -0.2) is 19.2 Å². The quantitative estimate of drug-likeness (QED) is 0.0819. The Morgan fingerprint density at radius 1 is 1.04 bits per heavy atom. The minimum atomic E-state index is -4.76. The van der Waals surface area contributed by atoms with Crippen molar-refractivity contribution >= 4 is 75.7 Å². The van der Waals surface area contributed by atoms with Crippen LogP contribution in [0.25, 0.3) is 28.2 Å². The number of aromatic nitrogens is 2. The van der Waals surface area contributed by atoms with Gasteiger partial charge in [-0.3, -0.25) is 34.0 Å². The SMILES string of the molecule is C=C(C=N/C(=C/c1c2c3cc(c(F)cc3n1CC(F)(F)F)-c1csc(n1)C[C@H](NC(=O)[C@H](C(C)C)N1CCCC3(CCN(C(=O)[C@H](F)Cl)CC3)C1=O)C(=O)N1CCC[C@H](N1)C(=O)OCC(C)(C)C2)[C@H](C)OC)N1CCN(C)CC1. The predicted molar refractivity (Wildman–Crippen MR) is 291 cm³/mol. The number of methoxy groups -OCH3 is 1. The number of benzene rings is 1. The number of alkyl halides is 5. The van der Waals surface area contributed by atoms with Gasteiger partial charge < -0.3 is 39.0 Å². The van der Waals surface area contributed by atoms with Gasteiger partial charge in [0.15, 0.2) is 0 Å². The Balaban J connectivity index is 1.18. The van der Waals surface area contributed by atoms with Crippen molar-refractivity contribution in [2.75, 3.05) is 73.1 Å². The van der Waals surface area contributed by atoms with Crippen molar-refractivity contribution in [1.29, 1.82) is 0 Å². The summed E-state index contributed by atoms with van der Waals surface area (Å²) in [4.78, 5) is 87.2. The van der Waals surface area contributed by atoms with Crippen molar-refractivity contribution in [2.24, 2.45) is 21.7 Å². The number of esters is 1. The Kier molecular flexibility index (Phi) is 18.3. The Morgan fingerprint density at radius 2 is 1.75 bits per heavy atom. The van der Waals surface area contributed by atoms with Gasteiger partial charge in [0.2, 0.25) is 11.8 Å². The van der Waals surface area contributed by atoms with Crippen LogP contribution >= 0.6 is 22.9 Å². The smallest absolute Gasteiger partial charge is 0.406 e. The van der Waals surface area contributed by atoms with E-state index in [4.69, 9.17) is 31.1 Å². The number of carbonyl (C=O) groups is 5. The van der Waals surface area contributed by atoms with Gasteiger partial charge >= 0.3 is 12.1 Å². The molecule has 6 bridgehead atoms. The fourth-order valence-electron chi connectivity index (χ4n) is 11.5. The van der Waals surface area contributed by atoms with Crippen LogP contribution in [0.3, 0.4) is 0 Å². The number of aliphatic imine (C=N–C) groups is 1. The van der Waals surface area contributed by atoms with Crippen molar-refractivity contribution in [3.63, 3.8) is 0 Å². The number of likely N-dealkylation sites (tertiary alicyclic amines) is 2. The number of cyclic esters (lactones) is 1. The first-order valence-corrected chi connectivity index (χ1v) is 28.3. The number of likely N-dealkylation sites (N-methyl/N-ethyl adjacent to an activating group) is 1. The summed E-state index contributed by atoms with van der Waals surface area (Å²) in [5.41, 5.74) is 0.434. The van der Waals surface area contributed by atoms with Gasteiger partial charge in [0, 0.05) is 105 Å². The third-order valence-corrected chi connectivity index (χ3v) is 17.1. The van der Waals surface area contributed by atoms with Crippen molar-refractivity contribution in [3.8, 4) is 11.3 Å². The van der Waals surface area contributed by atoms with Crippen molar-refractivity contribution < 1.29 is 55.4 Å². The number of ether oxygens (including phenoxy) is 2. The van der Waals surface area contributed by atoms with Gasteiger partial charge in [0.1, 0.15) is 30.5 Å². The second kappa shape index (κ2) is 24.3. The average Bonchev–Trinajstić information content (AvgIpc) is 4.13. The molecule has 8 rings (SSSR count). The zero-order valence-corrected chi connectivity index (χ0v) is 47.5. The highest BCUT2D eigenvalue weighted by Crippen LogP contribution is 2.43. The maximum atomic E-state index is 16.9. The maximum absolute atomic E-state index is 16.9. The minimum absolute atomic E-state index is 0.0273. The van der Waals surface area contributed by atoms with E-state index in [0.717, 1.165) is 35.1 Å². The van der Waals surface area contributed by atoms with Crippen LogP contribution in [0.2, 0.25) is 0 Å². The molecule has 24 heteroatoms. The number of thiazole rings is 1. The molecule has 7 heterocycles. The van der Waals surface area contributed by atoms with Crippen LogP contribution in [0, 0.1) is 22.6 Å². The first-order chi connectivity index (χ1) is 37.3. The number of nitrogens with one attached hydrogen (secondary N) is 2. The topological polar surface area (TPSA) is 174 Å². The average molecular weight is 1150 g/mol. The summed E-state index contributed by atoms with van der Waals surface area (Å²) >= 11 is 6.55. The molecule has 4 amide bonds. The van der Waals surface area contributed by atoms with Gasteiger partial charge in [0.05, 0.1) is 40.0 Å². The van der Waals surface area contributed by atoms with E-state index >= 15 is 4.39 Å². The number of rotatable bonds is 12. The van der Waals surface area contributed by atoms with Crippen LogP contribution < -0.4 is 10.7 Å². The molecule has 2 N–H and O–H groups in total. The summed E-state index contributed by atoms with van der Waals surface area (Å²) in [5, 5.41) is 6.38. The lowest BCUT2D eigenvalue weighted by Gasteiger charge is -2.48. The number of halogens is 6. The molecule has 432 valence electrons. The maximum Gasteiger partial charge on any atom is 0.406 e. The van der Waals surface area contributed by atoms with Crippen molar-refractivity contribution in [2.45, 2.75) is 129 Å². The van der Waals surface area contributed by atoms with Gasteiger partial charge in [-0.15, -0.1) is 11.3 Å². The fourth-order valence-corrected chi connectivity index (χ4v) is 12.5. The van der Waals surface area contributed by atoms with E-state index in [2.05, 4.69) is 27.1 Å². The highest BCUT2D eigenvalue weighted by atomic mass is 35.5. The Morgan fingerprint density at radius 3 is 2.41 bits per heavy atom. The third kappa shape index (κ3) is 13.5. The van der Waals surface area contributed by atoms with Gasteiger partial charge in [0.25, 0.3) is 17.4 Å². The minimum Gasteiger partial charge on any atom is -0.464 e. The van der Waals surface area contributed by atoms with E-state index in [-0.39, 0.29) is 92.5 Å². The molecule has 5 aliphatic heterocycles. The molecule has 4 saturated heterocycles. The molecule has 0 unspecified atom stereocenters. The van der Waals surface area contributed by atoms with E-state index in [1.54, 1.807) is 32.4 Å². The summed E-state index contributed by atoms with van der Waals surface area (Å²) in [6.45, 7) is 15.1. The van der Waals surface area contributed by atoms with Crippen LogP contribution in [0.4, 0.5) is 22.0 Å². The molecule has 4 fully saturated rings. The molecule has 79 heavy (non-hydrogen) atoms. The Bertz CT molecular complexity index is 2860. The van der Waals surface area contributed by atoms with Gasteiger partial charge in [-0.2, -0.15) is 13.2 Å². The lowest BCUT2D eigenvalue weighted by molar-refractivity contribution is -0.160. The monoisotopic (exact) mass is 1150 g/mol. The molecule has 0 saturated carbocycles. The lowest BCUT2D eigenvalue weighted by Crippen LogP contribution is -2.64. The van der Waals surface area contributed by atoms with E-state index in [9.17, 15) is 41.5 Å². The number of hydrogen-bond acceptors (Lipinski definition) is 13. The van der Waals surface area contributed by atoms with Crippen molar-refractivity contribution in [3.05, 3.63) is 57.6 Å². The summed E-state index contributed by atoms with van der Waals surface area (Å²) in [6.07, 6.45) is -0.272. The molecule has 0 radical (unpaired) electrons. The predicted octanol–water partition coefficient (Wildman–Crippen LogP) is 7.11. The highest BCUT2D eigenvalue weighted by Gasteiger charge is 2.50. The molecule has 1 aromatic carbocycles. The largest absolute Gasteiger partial charge is 0.464 e. The first-order valence-electron chi connectivity index (χ1n) is 27.0. The first kappa shape index (κ1) is 59.6. The molecule has 5 aliphatic rings. The Hall–Kier alpha value is -5.49. The highest BCUT2D eigenvalue weighted by molar-refractivity contribution is 7.10. The number of hydrogen-bond donors (Lipinski definition) is 2. The second-order valence-corrected chi connectivity index (χ2v) is 24.1. The zero-order valence-electron chi connectivity index (χ0n) is 45.9. The Labute approximate surface area is 466 Å². The molecule has 1 spiro atoms. The number of piperidine rings is 2. The van der Waals surface area contributed by atoms with E-state index in [0.29, 0.717) is 60.4 Å². The molecule has 17 nitrogen and oxygen atoms in total. The lowest BCUT2D eigenvalue weighted by atomic mass is 9.71. The number of hydrazine groups is 1. The van der Waals surface area contributed by atoms with Gasteiger partial charge in [-0.05, 0) is 88.6 Å². The van der Waals surface area contributed by atoms with E-state index in [1.807, 2.05) is 20.9 Å². The van der Waals surface area contributed by atoms with Crippen LogP contribution in [0.15, 0.2) is 40.5 Å². The summed E-state index contributed by atoms with van der Waals surface area (Å²) in [6, 6.07) is -0.820. The molecular formula is C55H72ClF5N10O7S. The molecule has 3 aromatic rings. The number of amides is 4. The summed E-state index contributed by atoms with van der Waals surface area (Å²) < 4.78 is 87.9. The number of piperazine rings is 1. The van der Waals surface area contributed by atoms with Crippen LogP contribution in [-0.2, 0) is 52.8 Å². The number of carbonyl (C=O) groups excluding carboxylic acids is 5. The zero-order chi connectivity index (χ0) is 57.3. The summed E-state index contributed by atoms with van der Waals surface area (Å²) in [5.74, 6) is -4.33. The molecular weight excluding hydrogens is 1080 g/mol. The molecule has 5 atom stereocenters. The summed E-state index contributed by atoms with van der Waals surface area (Å²) in [7, 11) is 3.49. The van der Waals surface area contributed by atoms with Gasteiger partial charge in [-0.1, -0.05) is 45.9 Å². The van der Waals surface area contributed by atoms with Crippen molar-refractivity contribution in [1.82, 2.24) is 44.9 Å². The second-order valence-electron chi connectivity index (χ2n) is 22.8. The number of nitrogens with zero attached hydrogens (tertiary/aromatic N) is 8. The molecule has 2 aromatic heterocycles. The van der Waals surface area contributed by atoms with Crippen LogP contribution in [-0.4, -0.2) is 179 Å². The fraction of sp³-hybridized carbons (Fsp3) is 0.618. The third-order valence-electron chi connectivity index (χ3n) is 16.0. The van der Waals surface area contributed by atoms with Crippen LogP contribution in [0.1, 0.15) is 89.4 Å². The van der Waals surface area contributed by atoms with E-state index < -0.39 is 88.8 Å². The number of allylic oxidation sites excluding steroid dienone is 1. The van der Waals surface area contributed by atoms with E-state index in [1.165, 1.54) is 34.1 Å². The normalized spacial score (nSPS) is 23.1. The number of fused-ring (bicyclic) bond motifs is 6. The molecule has 0 aliphatic carbocycles. The standard InChI is InChI=1S/C55H72ClF5N10O7S/c1-32(2)46(69-15-10-12-54(52(69)76)13-17-68(18-14-54)50(74)47(56)58)48(72)64-41-26-45-63-42(29-79-45)36-23-35-37(27-53(5,6)31-78-51(75)39-11-9-16-71(65-39)49(41)73)44(70(30-55(59,60)61)43(35)24-38(36)57)25-40(34(4)77-8)62-28-33(3)67-21-19-66(7)20-22-67/h23-25,28-29,32,34,39,41,46-47,65H,3,9-22,26-27,30-31H2,1-2,4-8H3,(H,64,72)/b40-25+,62-28?/t34-,39-,41-,46-,47-/m0/s1.